The third-order valence-corrected chi connectivity index (χ3v) is 10.2. The lowest BCUT2D eigenvalue weighted by atomic mass is 10.0. The summed E-state index contributed by atoms with van der Waals surface area (Å²) < 4.78 is 44.5. The Morgan fingerprint density at radius 2 is 1.43 bits per heavy atom. The van der Waals surface area contributed by atoms with E-state index in [2.05, 4.69) is 5.32 Å². The van der Waals surface area contributed by atoms with Gasteiger partial charge in [-0.25, -0.2) is 12.8 Å². The third-order valence-electron chi connectivity index (χ3n) is 8.38. The first kappa shape index (κ1) is 32.9. The van der Waals surface area contributed by atoms with Crippen LogP contribution in [0.15, 0.2) is 108 Å². The fourth-order valence-electron chi connectivity index (χ4n) is 6.07. The molecule has 1 aliphatic rings. The summed E-state index contributed by atoms with van der Waals surface area (Å²) in [5.41, 5.74) is 3.04. The molecule has 0 aromatic heterocycles. The molecule has 1 saturated carbocycles. The second-order valence-electron chi connectivity index (χ2n) is 12.0. The molecule has 9 heteroatoms. The average Bonchev–Trinajstić information content (AvgIpc) is 3.55. The van der Waals surface area contributed by atoms with Crippen LogP contribution in [0.25, 0.3) is 0 Å². The van der Waals surface area contributed by atoms with E-state index in [4.69, 9.17) is 0 Å². The van der Waals surface area contributed by atoms with E-state index < -0.39 is 34.3 Å². The zero-order valence-corrected chi connectivity index (χ0v) is 27.0. The summed E-state index contributed by atoms with van der Waals surface area (Å²) in [5, 5.41) is 3.13. The van der Waals surface area contributed by atoms with Crippen molar-refractivity contribution in [1.82, 2.24) is 10.2 Å². The summed E-state index contributed by atoms with van der Waals surface area (Å²) in [6.07, 6.45) is 3.89. The highest BCUT2D eigenvalue weighted by molar-refractivity contribution is 7.92. The van der Waals surface area contributed by atoms with E-state index in [0.29, 0.717) is 5.69 Å². The van der Waals surface area contributed by atoms with Gasteiger partial charge < -0.3 is 10.2 Å². The normalized spacial score (nSPS) is 14.1. The SMILES string of the molecule is Cc1cc(C)cc(N(CC(=O)N(Cc2ccccc2F)[C@@H](Cc2ccccc2)C(=O)NC2CCCC2)S(=O)(=O)c2ccccc2)c1. The lowest BCUT2D eigenvalue weighted by Gasteiger charge is -2.34. The molecule has 0 heterocycles. The molecule has 0 bridgehead atoms. The van der Waals surface area contributed by atoms with Crippen LogP contribution in [0.3, 0.4) is 0 Å². The van der Waals surface area contributed by atoms with E-state index in [0.717, 1.165) is 46.7 Å². The van der Waals surface area contributed by atoms with E-state index >= 15 is 4.39 Å². The molecule has 1 atom stereocenters. The van der Waals surface area contributed by atoms with Gasteiger partial charge >= 0.3 is 0 Å². The van der Waals surface area contributed by atoms with Crippen molar-refractivity contribution in [2.75, 3.05) is 10.8 Å². The van der Waals surface area contributed by atoms with Gasteiger partial charge in [-0.3, -0.25) is 13.9 Å². The number of anilines is 1. The van der Waals surface area contributed by atoms with Crippen molar-refractivity contribution < 1.29 is 22.4 Å². The van der Waals surface area contributed by atoms with E-state index in [1.807, 2.05) is 50.2 Å². The van der Waals surface area contributed by atoms with Gasteiger partial charge in [0.1, 0.15) is 18.4 Å². The van der Waals surface area contributed by atoms with Gasteiger partial charge in [-0.05, 0) is 73.7 Å². The Labute approximate surface area is 271 Å². The molecule has 7 nitrogen and oxygen atoms in total. The lowest BCUT2D eigenvalue weighted by molar-refractivity contribution is -0.140. The van der Waals surface area contributed by atoms with Gasteiger partial charge in [0, 0.05) is 24.6 Å². The molecule has 1 N–H and O–H groups in total. The number of rotatable bonds is 12. The molecule has 5 rings (SSSR count). The third kappa shape index (κ3) is 8.01. The summed E-state index contributed by atoms with van der Waals surface area (Å²) in [6, 6.07) is 27.7. The quantitative estimate of drug-likeness (QED) is 0.196. The number of amides is 2. The zero-order valence-electron chi connectivity index (χ0n) is 26.2. The maximum atomic E-state index is 15.1. The van der Waals surface area contributed by atoms with Crippen LogP contribution in [0.4, 0.5) is 10.1 Å². The highest BCUT2D eigenvalue weighted by Gasteiger charge is 2.36. The molecule has 4 aromatic carbocycles. The van der Waals surface area contributed by atoms with Gasteiger partial charge in [0.25, 0.3) is 10.0 Å². The van der Waals surface area contributed by atoms with Crippen molar-refractivity contribution in [2.24, 2.45) is 0 Å². The minimum atomic E-state index is -4.21. The first-order valence-corrected chi connectivity index (χ1v) is 17.1. The fourth-order valence-corrected chi connectivity index (χ4v) is 7.49. The number of carbonyl (C=O) groups excluding carboxylic acids is 2. The van der Waals surface area contributed by atoms with Crippen LogP contribution in [0.1, 0.15) is 47.9 Å². The standard InChI is InChI=1S/C37H40FN3O4S/c1-27-21-28(2)23-32(22-27)41(46(44,45)33-18-7-4-8-19-33)26-36(42)40(25-30-15-9-12-20-34(30)38)35(24-29-13-5-3-6-14-29)37(43)39-31-16-10-11-17-31/h3-9,12-15,18-23,31,35H,10-11,16-17,24-26H2,1-2H3,(H,39,43)/t35-/m0/s1. The average molecular weight is 642 g/mol. The Morgan fingerprint density at radius 1 is 0.848 bits per heavy atom. The molecular formula is C37H40FN3O4S. The largest absolute Gasteiger partial charge is 0.352 e. The van der Waals surface area contributed by atoms with E-state index in [1.54, 1.807) is 48.5 Å². The van der Waals surface area contributed by atoms with Crippen LogP contribution in [-0.2, 0) is 32.6 Å². The monoisotopic (exact) mass is 641 g/mol. The second-order valence-corrected chi connectivity index (χ2v) is 13.8. The summed E-state index contributed by atoms with van der Waals surface area (Å²) >= 11 is 0. The van der Waals surface area contributed by atoms with Crippen molar-refractivity contribution in [2.45, 2.75) is 69.5 Å². The van der Waals surface area contributed by atoms with Crippen molar-refractivity contribution in [3.05, 3.63) is 131 Å². The summed E-state index contributed by atoms with van der Waals surface area (Å²) in [7, 11) is -4.21. The molecule has 46 heavy (non-hydrogen) atoms. The molecule has 0 radical (unpaired) electrons. The van der Waals surface area contributed by atoms with Crippen molar-refractivity contribution in [1.29, 1.82) is 0 Å². The summed E-state index contributed by atoms with van der Waals surface area (Å²) in [4.78, 5) is 30.0. The van der Waals surface area contributed by atoms with Crippen LogP contribution in [0.2, 0.25) is 0 Å². The Hall–Kier alpha value is -4.50. The number of aryl methyl sites for hydroxylation is 2. The van der Waals surface area contributed by atoms with Gasteiger partial charge in [-0.1, -0.05) is 85.6 Å². The van der Waals surface area contributed by atoms with Crippen molar-refractivity contribution in [3.63, 3.8) is 0 Å². The molecule has 4 aromatic rings. The predicted octanol–water partition coefficient (Wildman–Crippen LogP) is 6.34. The van der Waals surface area contributed by atoms with Crippen LogP contribution in [0.5, 0.6) is 0 Å². The molecule has 0 spiro atoms. The van der Waals surface area contributed by atoms with E-state index in [-0.39, 0.29) is 35.4 Å². The summed E-state index contributed by atoms with van der Waals surface area (Å²) in [6.45, 7) is 2.92. The maximum Gasteiger partial charge on any atom is 0.264 e. The maximum absolute atomic E-state index is 15.1. The lowest BCUT2D eigenvalue weighted by Crippen LogP contribution is -2.54. The molecule has 0 unspecified atom stereocenters. The number of benzene rings is 4. The van der Waals surface area contributed by atoms with Gasteiger partial charge in [0.05, 0.1) is 10.6 Å². The topological polar surface area (TPSA) is 86.8 Å². The molecule has 2 amide bonds. The molecule has 1 fully saturated rings. The first-order valence-electron chi connectivity index (χ1n) is 15.6. The molecule has 240 valence electrons. The van der Waals surface area contributed by atoms with Gasteiger partial charge in [-0.15, -0.1) is 0 Å². The molecule has 0 aliphatic heterocycles. The van der Waals surface area contributed by atoms with Crippen molar-refractivity contribution >= 4 is 27.5 Å². The number of hydrogen-bond acceptors (Lipinski definition) is 4. The van der Waals surface area contributed by atoms with Gasteiger partial charge in [0.15, 0.2) is 0 Å². The number of hydrogen-bond donors (Lipinski definition) is 1. The first-order chi connectivity index (χ1) is 22.1. The number of halogens is 1. The van der Waals surface area contributed by atoms with Crippen LogP contribution < -0.4 is 9.62 Å². The highest BCUT2D eigenvalue weighted by atomic mass is 32.2. The number of carbonyl (C=O) groups is 2. The highest BCUT2D eigenvalue weighted by Crippen LogP contribution is 2.27. The number of sulfonamides is 1. The van der Waals surface area contributed by atoms with E-state index in [9.17, 15) is 18.0 Å². The van der Waals surface area contributed by atoms with Gasteiger partial charge in [-0.2, -0.15) is 0 Å². The Morgan fingerprint density at radius 3 is 2.07 bits per heavy atom. The Balaban J connectivity index is 1.59. The molecule has 0 saturated heterocycles. The number of nitrogens with zero attached hydrogens (tertiary/aromatic N) is 2. The van der Waals surface area contributed by atoms with Crippen LogP contribution >= 0.6 is 0 Å². The van der Waals surface area contributed by atoms with Crippen LogP contribution in [-0.4, -0.2) is 43.8 Å². The summed E-state index contributed by atoms with van der Waals surface area (Å²) in [5.74, 6) is -1.48. The fraction of sp³-hybridized carbons (Fsp3) is 0.297. The molecule has 1 aliphatic carbocycles. The smallest absolute Gasteiger partial charge is 0.264 e. The van der Waals surface area contributed by atoms with E-state index in [1.165, 1.54) is 23.1 Å². The van der Waals surface area contributed by atoms with Gasteiger partial charge in [0.2, 0.25) is 11.8 Å². The minimum Gasteiger partial charge on any atom is -0.352 e. The van der Waals surface area contributed by atoms with Crippen LogP contribution in [0, 0.1) is 19.7 Å². The number of nitrogens with one attached hydrogen (secondary N) is 1. The second kappa shape index (κ2) is 14.7. The Bertz CT molecular complexity index is 1740. The Kier molecular flexibility index (Phi) is 10.5. The minimum absolute atomic E-state index is 0.0126. The zero-order chi connectivity index (χ0) is 32.7. The predicted molar refractivity (Wildman–Crippen MR) is 178 cm³/mol. The van der Waals surface area contributed by atoms with Crippen molar-refractivity contribution in [3.8, 4) is 0 Å². The molecular weight excluding hydrogens is 601 g/mol.